The maximum absolute atomic E-state index is 14.3. The summed E-state index contributed by atoms with van der Waals surface area (Å²) in [7, 11) is 0. The number of anilines is 1. The van der Waals surface area contributed by atoms with Crippen molar-refractivity contribution in [2.24, 2.45) is 5.92 Å². The molecule has 1 aliphatic rings. The van der Waals surface area contributed by atoms with Crippen LogP contribution in [-0.2, 0) is 4.79 Å². The van der Waals surface area contributed by atoms with E-state index in [-0.39, 0.29) is 24.1 Å². The molecule has 0 saturated heterocycles. The molecule has 0 bridgehead atoms. The highest BCUT2D eigenvalue weighted by atomic mass is 19.1. The molecule has 3 heterocycles. The van der Waals surface area contributed by atoms with Crippen LogP contribution in [0, 0.1) is 17.2 Å². The van der Waals surface area contributed by atoms with E-state index in [1.165, 1.54) is 33.2 Å². The highest BCUT2D eigenvalue weighted by Gasteiger charge is 2.28. The Morgan fingerprint density at radius 2 is 1.95 bits per heavy atom. The van der Waals surface area contributed by atoms with Crippen LogP contribution in [-0.4, -0.2) is 62.4 Å². The average molecular weight is 536 g/mol. The van der Waals surface area contributed by atoms with Gasteiger partial charge in [-0.25, -0.2) is 8.91 Å². The lowest BCUT2D eigenvalue weighted by atomic mass is 9.85. The molecule has 1 fully saturated rings. The molecule has 3 aromatic rings. The van der Waals surface area contributed by atoms with Crippen molar-refractivity contribution in [1.29, 1.82) is 5.26 Å². The molecular weight excluding hydrogens is 501 g/mol. The number of nitriles is 1. The Labute approximate surface area is 226 Å². The topological polar surface area (TPSA) is 144 Å². The number of carbonyl (C=O) groups excluding carboxylic acids is 2. The van der Waals surface area contributed by atoms with E-state index in [0.717, 1.165) is 31.2 Å². The fourth-order valence-corrected chi connectivity index (χ4v) is 4.70. The molecule has 10 nitrogen and oxygen atoms in total. The molecule has 39 heavy (non-hydrogen) atoms. The summed E-state index contributed by atoms with van der Waals surface area (Å²) in [6.07, 6.45) is 4.88. The summed E-state index contributed by atoms with van der Waals surface area (Å²) in [5.41, 5.74) is 1.69. The molecule has 0 aromatic carbocycles. The van der Waals surface area contributed by atoms with Crippen LogP contribution in [0.4, 0.5) is 10.1 Å². The fourth-order valence-electron chi connectivity index (χ4n) is 4.70. The molecule has 2 amide bonds. The molecule has 0 radical (unpaired) electrons. The number of halogens is 1. The SMILES string of the molecule is CC(=O)NC[C@H]1CC[C@H](Nc2cc(-c3ccc4cc(C#N)cnn34)ncc2C(=O)NC[C@@H](F)C(C)(C)O)CC1. The molecule has 3 aromatic heterocycles. The van der Waals surface area contributed by atoms with Crippen molar-refractivity contribution < 1.29 is 19.1 Å². The van der Waals surface area contributed by atoms with Gasteiger partial charge in [0.1, 0.15) is 12.2 Å². The Kier molecular flexibility index (Phi) is 8.45. The molecule has 4 rings (SSSR count). The first-order chi connectivity index (χ1) is 18.5. The van der Waals surface area contributed by atoms with Gasteiger partial charge in [-0.1, -0.05) is 0 Å². The largest absolute Gasteiger partial charge is 0.387 e. The minimum Gasteiger partial charge on any atom is -0.387 e. The van der Waals surface area contributed by atoms with Gasteiger partial charge in [0.2, 0.25) is 5.91 Å². The second kappa shape index (κ2) is 11.8. The van der Waals surface area contributed by atoms with E-state index < -0.39 is 17.7 Å². The number of hydrogen-bond donors (Lipinski definition) is 4. The van der Waals surface area contributed by atoms with Gasteiger partial charge in [0.25, 0.3) is 5.91 Å². The van der Waals surface area contributed by atoms with Gasteiger partial charge in [0, 0.05) is 25.7 Å². The third-order valence-electron chi connectivity index (χ3n) is 7.09. The van der Waals surface area contributed by atoms with E-state index in [9.17, 15) is 24.3 Å². The van der Waals surface area contributed by atoms with Crippen molar-refractivity contribution in [1.82, 2.24) is 25.2 Å². The van der Waals surface area contributed by atoms with E-state index in [1.807, 2.05) is 12.1 Å². The number of nitrogens with zero attached hydrogens (tertiary/aromatic N) is 4. The summed E-state index contributed by atoms with van der Waals surface area (Å²) in [5, 5.41) is 32.4. The monoisotopic (exact) mass is 535 g/mol. The van der Waals surface area contributed by atoms with Gasteiger partial charge in [-0.15, -0.1) is 0 Å². The number of amides is 2. The third kappa shape index (κ3) is 6.89. The number of alkyl halides is 1. The standard InChI is InChI=1S/C28H34FN7O3/c1-17(37)31-13-18-4-6-20(7-5-18)35-23-11-24(25-9-8-21-10-19(12-30)14-34-36(21)25)32-15-22(23)27(38)33-16-26(29)28(2,3)39/h8-11,14-15,18,20,26,39H,4-7,13,16H2,1-3H3,(H,31,37)(H,32,35)(H,33,38)/t18-,20-,26-/m1/s1. The fraction of sp³-hybridized carbons (Fsp3) is 0.464. The summed E-state index contributed by atoms with van der Waals surface area (Å²) >= 11 is 0. The third-order valence-corrected chi connectivity index (χ3v) is 7.09. The molecule has 0 unspecified atom stereocenters. The van der Waals surface area contributed by atoms with Crippen LogP contribution in [0.2, 0.25) is 0 Å². The van der Waals surface area contributed by atoms with E-state index >= 15 is 0 Å². The van der Waals surface area contributed by atoms with Gasteiger partial charge in [-0.05, 0) is 69.7 Å². The number of aliphatic hydroxyl groups is 1. The van der Waals surface area contributed by atoms with Gasteiger partial charge in [-0.2, -0.15) is 10.4 Å². The highest BCUT2D eigenvalue weighted by molar-refractivity contribution is 6.00. The zero-order chi connectivity index (χ0) is 28.2. The van der Waals surface area contributed by atoms with Crippen LogP contribution in [0.1, 0.15) is 62.4 Å². The average Bonchev–Trinajstić information content (AvgIpc) is 3.33. The van der Waals surface area contributed by atoms with Crippen molar-refractivity contribution in [3.63, 3.8) is 0 Å². The number of carbonyl (C=O) groups is 2. The molecule has 1 atom stereocenters. The summed E-state index contributed by atoms with van der Waals surface area (Å²) in [6.45, 7) is 4.53. The number of nitrogens with one attached hydrogen (secondary N) is 3. The van der Waals surface area contributed by atoms with E-state index in [1.54, 1.807) is 16.6 Å². The van der Waals surface area contributed by atoms with Crippen LogP contribution in [0.25, 0.3) is 16.9 Å². The van der Waals surface area contributed by atoms with Crippen LogP contribution < -0.4 is 16.0 Å². The second-order valence-corrected chi connectivity index (χ2v) is 10.7. The Morgan fingerprint density at radius 3 is 2.62 bits per heavy atom. The lowest BCUT2D eigenvalue weighted by molar-refractivity contribution is -0.119. The number of pyridine rings is 1. The molecule has 0 spiro atoms. The van der Waals surface area contributed by atoms with Crippen LogP contribution in [0.15, 0.2) is 36.7 Å². The van der Waals surface area contributed by atoms with E-state index in [4.69, 9.17) is 0 Å². The lowest BCUT2D eigenvalue weighted by Gasteiger charge is -2.30. The van der Waals surface area contributed by atoms with Gasteiger partial charge in [-0.3, -0.25) is 14.6 Å². The number of rotatable bonds is 9. The molecule has 0 aliphatic heterocycles. The molecule has 1 aliphatic carbocycles. The van der Waals surface area contributed by atoms with Crippen molar-refractivity contribution in [2.75, 3.05) is 18.4 Å². The van der Waals surface area contributed by atoms with E-state index in [2.05, 4.69) is 32.1 Å². The van der Waals surface area contributed by atoms with Crippen molar-refractivity contribution in [2.45, 2.75) is 64.3 Å². The summed E-state index contributed by atoms with van der Waals surface area (Å²) in [4.78, 5) is 28.9. The Balaban J connectivity index is 1.58. The maximum atomic E-state index is 14.3. The van der Waals surface area contributed by atoms with Gasteiger partial charge >= 0.3 is 0 Å². The first-order valence-electron chi connectivity index (χ1n) is 13.1. The molecule has 1 saturated carbocycles. The zero-order valence-corrected chi connectivity index (χ0v) is 22.4. The number of aromatic nitrogens is 3. The first-order valence-corrected chi connectivity index (χ1v) is 13.1. The van der Waals surface area contributed by atoms with Gasteiger partial charge in [0.15, 0.2) is 0 Å². The summed E-state index contributed by atoms with van der Waals surface area (Å²) in [5.74, 6) is -0.131. The minimum absolute atomic E-state index is 0.0356. The lowest BCUT2D eigenvalue weighted by Crippen LogP contribution is -2.42. The van der Waals surface area contributed by atoms with Crippen LogP contribution >= 0.6 is 0 Å². The van der Waals surface area contributed by atoms with Crippen molar-refractivity contribution in [3.05, 3.63) is 47.8 Å². The Hall–Kier alpha value is -4.04. The predicted octanol–water partition coefficient (Wildman–Crippen LogP) is 3.21. The van der Waals surface area contributed by atoms with Crippen molar-refractivity contribution >= 4 is 23.0 Å². The molecule has 206 valence electrons. The minimum atomic E-state index is -1.64. The van der Waals surface area contributed by atoms with Gasteiger partial charge < -0.3 is 21.1 Å². The zero-order valence-electron chi connectivity index (χ0n) is 22.4. The maximum Gasteiger partial charge on any atom is 0.255 e. The van der Waals surface area contributed by atoms with Gasteiger partial charge in [0.05, 0.1) is 52.1 Å². The van der Waals surface area contributed by atoms with E-state index in [0.29, 0.717) is 35.1 Å². The molecule has 4 N–H and O–H groups in total. The number of fused-ring (bicyclic) bond motifs is 1. The van der Waals surface area contributed by atoms with Crippen LogP contribution in [0.3, 0.4) is 0 Å². The summed E-state index contributed by atoms with van der Waals surface area (Å²) < 4.78 is 16.0. The predicted molar refractivity (Wildman–Crippen MR) is 145 cm³/mol. The molecular formula is C28H34FN7O3. The molecule has 11 heteroatoms. The Morgan fingerprint density at radius 1 is 1.21 bits per heavy atom. The Bertz CT molecular complexity index is 1380. The highest BCUT2D eigenvalue weighted by Crippen LogP contribution is 2.30. The smallest absolute Gasteiger partial charge is 0.255 e. The number of hydrogen-bond acceptors (Lipinski definition) is 7. The normalized spacial score (nSPS) is 18.3. The first kappa shape index (κ1) is 28.0. The summed E-state index contributed by atoms with van der Waals surface area (Å²) in [6, 6.07) is 9.38. The second-order valence-electron chi connectivity index (χ2n) is 10.7. The van der Waals surface area contributed by atoms with Crippen molar-refractivity contribution in [3.8, 4) is 17.5 Å². The quantitative estimate of drug-likeness (QED) is 0.329. The van der Waals surface area contributed by atoms with Crippen LogP contribution in [0.5, 0.6) is 0 Å².